The van der Waals surface area contributed by atoms with Gasteiger partial charge in [-0.15, -0.1) is 0 Å². The van der Waals surface area contributed by atoms with E-state index in [4.69, 9.17) is 0 Å². The normalized spacial score (nSPS) is 11.2. The number of hydrogen-bond acceptors (Lipinski definition) is 4. The molecule has 2 aromatic heterocycles. The van der Waals surface area contributed by atoms with Crippen molar-refractivity contribution in [2.45, 2.75) is 20.4 Å². The molecule has 0 amide bonds. The van der Waals surface area contributed by atoms with Crippen LogP contribution in [0.15, 0.2) is 53.3 Å². The highest BCUT2D eigenvalue weighted by Crippen LogP contribution is 2.36. The number of nitro benzene ring substituents is 1. The minimum Gasteiger partial charge on any atom is -0.339 e. The number of nitriles is 1. The summed E-state index contributed by atoms with van der Waals surface area (Å²) >= 11 is 0. The number of nitrogens with zero attached hydrogens (tertiary/aromatic N) is 3. The van der Waals surface area contributed by atoms with E-state index in [0.29, 0.717) is 11.4 Å². The Hall–Kier alpha value is -3.92. The van der Waals surface area contributed by atoms with Crippen LogP contribution in [0.3, 0.4) is 0 Å². The number of hydrogen-bond donors (Lipinski definition) is 1. The van der Waals surface area contributed by atoms with Crippen LogP contribution in [0.1, 0.15) is 19.4 Å². The van der Waals surface area contributed by atoms with E-state index < -0.39 is 10.5 Å². The zero-order valence-corrected chi connectivity index (χ0v) is 16.0. The Morgan fingerprint density at radius 3 is 2.52 bits per heavy atom. The van der Waals surface area contributed by atoms with Crippen LogP contribution in [0.4, 0.5) is 5.69 Å². The van der Waals surface area contributed by atoms with E-state index in [2.05, 4.69) is 23.4 Å². The second-order valence-electron chi connectivity index (χ2n) is 7.39. The zero-order valence-electron chi connectivity index (χ0n) is 16.0. The molecular formula is C22H18N4O3. The molecule has 0 aliphatic carbocycles. The second-order valence-corrected chi connectivity index (χ2v) is 7.39. The molecule has 0 aliphatic heterocycles. The van der Waals surface area contributed by atoms with E-state index in [1.165, 1.54) is 12.1 Å². The maximum absolute atomic E-state index is 12.3. The van der Waals surface area contributed by atoms with E-state index in [1.54, 1.807) is 18.2 Å². The van der Waals surface area contributed by atoms with Crippen molar-refractivity contribution < 1.29 is 4.92 Å². The average molecular weight is 386 g/mol. The van der Waals surface area contributed by atoms with Crippen molar-refractivity contribution in [1.29, 1.82) is 5.26 Å². The van der Waals surface area contributed by atoms with Crippen LogP contribution in [-0.2, 0) is 6.54 Å². The first-order valence-corrected chi connectivity index (χ1v) is 9.24. The van der Waals surface area contributed by atoms with E-state index in [-0.39, 0.29) is 11.3 Å². The maximum Gasteiger partial charge on any atom is 0.269 e. The first-order valence-electron chi connectivity index (χ1n) is 9.24. The van der Waals surface area contributed by atoms with Crippen molar-refractivity contribution in [3.8, 4) is 17.2 Å². The third-order valence-electron chi connectivity index (χ3n) is 4.95. The number of fused-ring (bicyclic) bond motifs is 3. The Kier molecular flexibility index (Phi) is 4.40. The van der Waals surface area contributed by atoms with Gasteiger partial charge in [0.25, 0.3) is 11.2 Å². The third-order valence-corrected chi connectivity index (χ3v) is 4.95. The lowest BCUT2D eigenvalue weighted by molar-refractivity contribution is -0.384. The smallest absolute Gasteiger partial charge is 0.269 e. The molecule has 0 saturated heterocycles. The van der Waals surface area contributed by atoms with Crippen LogP contribution >= 0.6 is 0 Å². The average Bonchev–Trinajstić information content (AvgIpc) is 2.99. The number of benzene rings is 2. The van der Waals surface area contributed by atoms with Crippen LogP contribution in [0.25, 0.3) is 33.1 Å². The summed E-state index contributed by atoms with van der Waals surface area (Å²) in [6.07, 6.45) is 0. The predicted octanol–water partition coefficient (Wildman–Crippen LogP) is 4.59. The molecule has 0 unspecified atom stereocenters. The van der Waals surface area contributed by atoms with Crippen molar-refractivity contribution in [1.82, 2.24) is 9.55 Å². The van der Waals surface area contributed by atoms with Gasteiger partial charge in [0.05, 0.1) is 21.5 Å². The summed E-state index contributed by atoms with van der Waals surface area (Å²) in [7, 11) is 0. The number of pyridine rings is 1. The number of nitrogens with one attached hydrogen (secondary N) is 1. The van der Waals surface area contributed by atoms with Gasteiger partial charge in [-0.2, -0.15) is 5.26 Å². The minimum absolute atomic E-state index is 0.0234. The van der Waals surface area contributed by atoms with Crippen LogP contribution in [0.5, 0.6) is 0 Å². The second kappa shape index (κ2) is 6.91. The van der Waals surface area contributed by atoms with Gasteiger partial charge in [0.1, 0.15) is 11.6 Å². The molecule has 144 valence electrons. The molecule has 1 N–H and O–H groups in total. The molecule has 0 bridgehead atoms. The van der Waals surface area contributed by atoms with Gasteiger partial charge >= 0.3 is 0 Å². The molecule has 0 atom stereocenters. The Morgan fingerprint density at radius 2 is 1.90 bits per heavy atom. The minimum atomic E-state index is -0.431. The highest BCUT2D eigenvalue weighted by atomic mass is 16.6. The Bertz CT molecular complexity index is 1360. The Morgan fingerprint density at radius 1 is 1.17 bits per heavy atom. The first kappa shape index (κ1) is 18.4. The van der Waals surface area contributed by atoms with Gasteiger partial charge in [-0.3, -0.25) is 14.9 Å². The largest absolute Gasteiger partial charge is 0.339 e. The van der Waals surface area contributed by atoms with Crippen LogP contribution in [-0.4, -0.2) is 14.5 Å². The van der Waals surface area contributed by atoms with E-state index >= 15 is 0 Å². The number of aromatic nitrogens is 2. The summed E-state index contributed by atoms with van der Waals surface area (Å²) in [5, 5.41) is 21.1. The van der Waals surface area contributed by atoms with E-state index in [9.17, 15) is 20.2 Å². The fourth-order valence-corrected chi connectivity index (χ4v) is 3.73. The topological polar surface area (TPSA) is 105 Å². The molecule has 29 heavy (non-hydrogen) atoms. The van der Waals surface area contributed by atoms with Gasteiger partial charge < -0.3 is 9.55 Å². The molecule has 0 radical (unpaired) electrons. The van der Waals surface area contributed by atoms with Gasteiger partial charge in [-0.1, -0.05) is 26.0 Å². The summed E-state index contributed by atoms with van der Waals surface area (Å²) in [4.78, 5) is 25.8. The lowest BCUT2D eigenvalue weighted by Crippen LogP contribution is -2.10. The molecule has 4 aromatic rings. The van der Waals surface area contributed by atoms with Crippen molar-refractivity contribution in [2.24, 2.45) is 5.92 Å². The van der Waals surface area contributed by atoms with Crippen molar-refractivity contribution in [3.05, 3.63) is 74.6 Å². The molecule has 7 heteroatoms. The van der Waals surface area contributed by atoms with Gasteiger partial charge in [0, 0.05) is 24.1 Å². The van der Waals surface area contributed by atoms with Crippen LogP contribution < -0.4 is 5.56 Å². The molecule has 0 spiro atoms. The van der Waals surface area contributed by atoms with Crippen LogP contribution in [0.2, 0.25) is 0 Å². The maximum atomic E-state index is 12.3. The van der Waals surface area contributed by atoms with Crippen molar-refractivity contribution in [3.63, 3.8) is 0 Å². The lowest BCUT2D eigenvalue weighted by Gasteiger charge is -2.10. The SMILES string of the molecule is CC(C)Cn1c2cc(C#N)c(=O)[nH]c2c2c(-c3ccc([N+](=O)[O-])cc3)cccc21. The van der Waals surface area contributed by atoms with Crippen LogP contribution in [0, 0.1) is 27.4 Å². The Balaban J connectivity index is 2.09. The predicted molar refractivity (Wildman–Crippen MR) is 112 cm³/mol. The zero-order chi connectivity index (χ0) is 20.7. The Labute approximate surface area is 166 Å². The lowest BCUT2D eigenvalue weighted by atomic mass is 10.0. The number of aromatic amines is 1. The van der Waals surface area contributed by atoms with Gasteiger partial charge in [0.2, 0.25) is 0 Å². The quantitative estimate of drug-likeness (QED) is 0.409. The number of nitro groups is 1. The fourth-order valence-electron chi connectivity index (χ4n) is 3.73. The van der Waals surface area contributed by atoms with Crippen molar-refractivity contribution >= 4 is 27.6 Å². The number of non-ortho nitro benzene ring substituents is 1. The van der Waals surface area contributed by atoms with Gasteiger partial charge in [0.15, 0.2) is 0 Å². The summed E-state index contributed by atoms with van der Waals surface area (Å²) in [6, 6.07) is 15.8. The first-order chi connectivity index (χ1) is 13.9. The van der Waals surface area contributed by atoms with Crippen molar-refractivity contribution in [2.75, 3.05) is 0 Å². The highest BCUT2D eigenvalue weighted by molar-refractivity contribution is 6.13. The number of H-pyrrole nitrogens is 1. The van der Waals surface area contributed by atoms with Gasteiger partial charge in [-0.05, 0) is 41.3 Å². The molecule has 4 rings (SSSR count). The summed E-state index contributed by atoms with van der Waals surface area (Å²) in [5.41, 5.74) is 3.74. The summed E-state index contributed by atoms with van der Waals surface area (Å²) in [6.45, 7) is 4.93. The van der Waals surface area contributed by atoms with Gasteiger partial charge in [-0.25, -0.2) is 0 Å². The summed E-state index contributed by atoms with van der Waals surface area (Å²) < 4.78 is 2.11. The van der Waals surface area contributed by atoms with E-state index in [1.807, 2.05) is 24.3 Å². The monoisotopic (exact) mass is 386 g/mol. The molecule has 2 heterocycles. The molecule has 7 nitrogen and oxygen atoms in total. The standard InChI is InChI=1S/C22H18N4O3/c1-13(2)12-25-18-5-3-4-17(14-6-8-16(9-7-14)26(28)29)20(18)21-19(25)10-15(11-23)22(27)24-21/h3-10,13H,12H2,1-2H3,(H,24,27). The number of rotatable bonds is 4. The molecule has 0 fully saturated rings. The molecule has 0 aliphatic rings. The molecule has 2 aromatic carbocycles. The molecule has 0 saturated carbocycles. The highest BCUT2D eigenvalue weighted by Gasteiger charge is 2.18. The molecular weight excluding hydrogens is 368 g/mol. The summed E-state index contributed by atoms with van der Waals surface area (Å²) in [5.74, 6) is 0.356. The fraction of sp³-hybridized carbons (Fsp3) is 0.182. The van der Waals surface area contributed by atoms with E-state index in [0.717, 1.165) is 34.1 Å². The third kappa shape index (κ3) is 3.05.